The maximum absolute atomic E-state index is 12.5. The molecule has 0 aliphatic rings. The van der Waals surface area contributed by atoms with Crippen molar-refractivity contribution in [2.24, 2.45) is 0 Å². The molecule has 0 bridgehead atoms. The van der Waals surface area contributed by atoms with Crippen LogP contribution in [0, 0.1) is 5.82 Å². The molecule has 1 aromatic rings. The van der Waals surface area contributed by atoms with E-state index in [2.05, 4.69) is 17.4 Å². The Kier molecular flexibility index (Phi) is 11.4. The smallest absolute Gasteiger partial charge is 0.398 e. The molecule has 114 valence electrons. The maximum Gasteiger partial charge on any atom is 1.00 e. The second-order valence-electron chi connectivity index (χ2n) is 2.76. The summed E-state index contributed by atoms with van der Waals surface area (Å²) in [5.41, 5.74) is -5.64. The molecular formula is C9H8F4KNO4S2. The van der Waals surface area contributed by atoms with Gasteiger partial charge < -0.3 is 9.17 Å². The molecule has 0 spiro atoms. The number of rotatable bonds is 4. The third-order valence-corrected chi connectivity index (χ3v) is 3.31. The van der Waals surface area contributed by atoms with E-state index in [4.69, 9.17) is 0 Å². The van der Waals surface area contributed by atoms with Crippen LogP contribution in [0.15, 0.2) is 42.3 Å². The van der Waals surface area contributed by atoms with Crippen LogP contribution in [0.5, 0.6) is 0 Å². The Labute approximate surface area is 163 Å². The predicted octanol–water partition coefficient (Wildman–Crippen LogP) is -0.191. The van der Waals surface area contributed by atoms with Crippen molar-refractivity contribution in [1.29, 1.82) is 0 Å². The van der Waals surface area contributed by atoms with E-state index in [1.54, 1.807) is 0 Å². The fourth-order valence-corrected chi connectivity index (χ4v) is 1.77. The number of benzene rings is 1. The minimum atomic E-state index is -5.87. The van der Waals surface area contributed by atoms with E-state index in [-0.39, 0.29) is 56.3 Å². The monoisotopic (exact) mass is 373 g/mol. The van der Waals surface area contributed by atoms with Crippen molar-refractivity contribution in [3.05, 3.63) is 48.1 Å². The summed E-state index contributed by atoms with van der Waals surface area (Å²) >= 11 is -2.59. The molecule has 1 unspecified atom stereocenters. The van der Waals surface area contributed by atoms with Crippen LogP contribution < -0.4 is 51.4 Å². The molecule has 1 aromatic carbocycles. The molecule has 0 aliphatic heterocycles. The molecular weight excluding hydrogens is 365 g/mol. The third-order valence-electron chi connectivity index (χ3n) is 1.49. The molecule has 1 atom stereocenters. The molecule has 0 radical (unpaired) electrons. The normalized spacial score (nSPS) is 12.6. The summed E-state index contributed by atoms with van der Waals surface area (Å²) in [5.74, 6) is -0.671. The van der Waals surface area contributed by atoms with Crippen LogP contribution in [0.4, 0.5) is 17.6 Å². The van der Waals surface area contributed by atoms with Gasteiger partial charge >= 0.3 is 56.9 Å². The van der Waals surface area contributed by atoms with Crippen LogP contribution >= 0.6 is 0 Å². The summed E-state index contributed by atoms with van der Waals surface area (Å²) in [4.78, 5) is 1.64. The summed E-state index contributed by atoms with van der Waals surface area (Å²) in [6.07, 6.45) is 0. The van der Waals surface area contributed by atoms with Crippen molar-refractivity contribution in [3.8, 4) is 0 Å². The number of hydrogen-bond acceptors (Lipinski definition) is 4. The Morgan fingerprint density at radius 1 is 1.14 bits per heavy atom. The fourth-order valence-electron chi connectivity index (χ4n) is 0.699. The van der Waals surface area contributed by atoms with Gasteiger partial charge in [0, 0.05) is 0 Å². The van der Waals surface area contributed by atoms with Gasteiger partial charge in [-0.3, -0.25) is 0 Å². The minimum absolute atomic E-state index is 0. The van der Waals surface area contributed by atoms with E-state index in [9.17, 15) is 30.2 Å². The van der Waals surface area contributed by atoms with Crippen molar-refractivity contribution in [1.82, 2.24) is 0 Å². The molecule has 0 aromatic heterocycles. The molecule has 21 heavy (non-hydrogen) atoms. The Bertz CT molecular complexity index is 562. The Morgan fingerprint density at radius 2 is 1.57 bits per heavy atom. The van der Waals surface area contributed by atoms with E-state index >= 15 is 0 Å². The molecule has 0 saturated carbocycles. The van der Waals surface area contributed by atoms with Crippen LogP contribution in [-0.2, 0) is 25.4 Å². The summed E-state index contributed by atoms with van der Waals surface area (Å²) in [6, 6.07) is 3.63. The van der Waals surface area contributed by atoms with Gasteiger partial charge in [0.2, 0.25) is 0 Å². The van der Waals surface area contributed by atoms with E-state index in [1.807, 2.05) is 4.89 Å². The molecule has 0 saturated heterocycles. The first-order chi connectivity index (χ1) is 9.13. The maximum atomic E-state index is 12.5. The standard InChI is InChI=1S/C7H4F4NO4S2.C2H4.K/c8-5-1-3-6(4-2-5)17(13)16-12-18(14,15)7(9,10)11;1-2;/h1-4H;1-2H2;/q-1;;+1. The van der Waals surface area contributed by atoms with Crippen LogP contribution in [0.2, 0.25) is 0 Å². The van der Waals surface area contributed by atoms with Gasteiger partial charge in [0.25, 0.3) is 0 Å². The van der Waals surface area contributed by atoms with Crippen molar-refractivity contribution in [2.75, 3.05) is 0 Å². The zero-order chi connectivity index (χ0) is 16.0. The molecule has 1 rings (SSSR count). The van der Waals surface area contributed by atoms with Gasteiger partial charge in [-0.05, 0) is 24.3 Å². The van der Waals surface area contributed by atoms with Gasteiger partial charge in [-0.15, -0.1) is 13.2 Å². The number of sulfonamides is 1. The summed E-state index contributed by atoms with van der Waals surface area (Å²) in [5, 5.41) is 0. The van der Waals surface area contributed by atoms with Gasteiger partial charge in [0.15, 0.2) is 21.1 Å². The van der Waals surface area contributed by atoms with Gasteiger partial charge in [-0.1, -0.05) is 0 Å². The molecule has 0 heterocycles. The summed E-state index contributed by atoms with van der Waals surface area (Å²) in [6.45, 7) is 6.00. The first-order valence-corrected chi connectivity index (χ1v) is 7.03. The third kappa shape index (κ3) is 7.94. The number of hydrogen-bond donors (Lipinski definition) is 0. The summed E-state index contributed by atoms with van der Waals surface area (Å²) < 4.78 is 83.7. The SMILES string of the molecule is C=C.O=S(O[N-]S(=O)(=O)C(F)(F)F)c1ccc(F)cc1.[K+]. The second-order valence-corrected chi connectivity index (χ2v) is 5.41. The number of halogens is 4. The van der Waals surface area contributed by atoms with Crippen molar-refractivity contribution >= 4 is 21.1 Å². The molecule has 0 fully saturated rings. The van der Waals surface area contributed by atoms with Crippen LogP contribution in [0.25, 0.3) is 4.89 Å². The number of nitrogens with zero attached hydrogens (tertiary/aromatic N) is 1. The molecule has 0 N–H and O–H groups in total. The molecule has 12 heteroatoms. The quantitative estimate of drug-likeness (QED) is 0.317. The van der Waals surface area contributed by atoms with Gasteiger partial charge in [-0.25, -0.2) is 17.0 Å². The van der Waals surface area contributed by atoms with Crippen molar-refractivity contribution in [2.45, 2.75) is 10.4 Å². The second kappa shape index (κ2) is 10.2. The van der Waals surface area contributed by atoms with Crippen LogP contribution in [0.3, 0.4) is 0 Å². The Hall–Kier alpha value is 0.336. The minimum Gasteiger partial charge on any atom is -0.398 e. The fraction of sp³-hybridized carbons (Fsp3) is 0.111. The average Bonchev–Trinajstić information content (AvgIpc) is 2.38. The van der Waals surface area contributed by atoms with Crippen LogP contribution in [-0.4, -0.2) is 18.1 Å². The van der Waals surface area contributed by atoms with E-state index in [0.717, 1.165) is 24.3 Å². The molecule has 0 amide bonds. The Balaban J connectivity index is 0. The van der Waals surface area contributed by atoms with Gasteiger partial charge in [0.05, 0.1) is 4.90 Å². The van der Waals surface area contributed by atoms with E-state index in [0.29, 0.717) is 0 Å². The Morgan fingerprint density at radius 3 is 1.95 bits per heavy atom. The first kappa shape index (κ1) is 23.6. The molecule has 5 nitrogen and oxygen atoms in total. The van der Waals surface area contributed by atoms with E-state index in [1.165, 1.54) is 0 Å². The average molecular weight is 373 g/mol. The largest absolute Gasteiger partial charge is 1.00 e. The number of alkyl halides is 3. The zero-order valence-electron chi connectivity index (χ0n) is 10.6. The van der Waals surface area contributed by atoms with Crippen molar-refractivity contribution in [3.63, 3.8) is 0 Å². The predicted molar refractivity (Wildman–Crippen MR) is 63.5 cm³/mol. The topological polar surface area (TPSA) is 74.5 Å². The first-order valence-electron chi connectivity index (χ1n) is 4.52. The van der Waals surface area contributed by atoms with E-state index < -0.39 is 32.4 Å². The molecule has 0 aliphatic carbocycles. The van der Waals surface area contributed by atoms with Crippen molar-refractivity contribution < 1.29 is 85.9 Å². The van der Waals surface area contributed by atoms with Gasteiger partial charge in [-0.2, -0.15) is 13.2 Å². The van der Waals surface area contributed by atoms with Gasteiger partial charge in [0.1, 0.15) is 5.82 Å². The van der Waals surface area contributed by atoms with Crippen LogP contribution in [0.1, 0.15) is 0 Å². The summed E-state index contributed by atoms with van der Waals surface area (Å²) in [7, 11) is -5.87. The zero-order valence-corrected chi connectivity index (χ0v) is 15.4.